The van der Waals surface area contributed by atoms with E-state index in [2.05, 4.69) is 24.9 Å². The van der Waals surface area contributed by atoms with E-state index in [-0.39, 0.29) is 0 Å². The van der Waals surface area contributed by atoms with Gasteiger partial charge >= 0.3 is 0 Å². The summed E-state index contributed by atoms with van der Waals surface area (Å²) in [6.45, 7) is 0. The highest BCUT2D eigenvalue weighted by atomic mass is 35.5. The number of fused-ring (bicyclic) bond motifs is 1. The van der Waals surface area contributed by atoms with Crippen LogP contribution < -0.4 is 0 Å². The number of nitrogens with one attached hydrogen (secondary N) is 1. The minimum absolute atomic E-state index is 0.550. The zero-order valence-corrected chi connectivity index (χ0v) is 8.81. The van der Waals surface area contributed by atoms with Gasteiger partial charge in [0.2, 0.25) is 0 Å². The van der Waals surface area contributed by atoms with Crippen molar-refractivity contribution in [3.05, 3.63) is 36.0 Å². The van der Waals surface area contributed by atoms with Crippen LogP contribution in [0.3, 0.4) is 0 Å². The average molecular weight is 232 g/mol. The van der Waals surface area contributed by atoms with Gasteiger partial charge in [-0.05, 0) is 6.07 Å². The van der Waals surface area contributed by atoms with E-state index in [0.29, 0.717) is 16.5 Å². The molecule has 0 aliphatic rings. The molecular formula is C10H6ClN5. The summed E-state index contributed by atoms with van der Waals surface area (Å²) in [5.74, 6) is 0.669. The number of aromatic nitrogens is 5. The first-order chi connectivity index (χ1) is 7.84. The first kappa shape index (κ1) is 9.23. The van der Waals surface area contributed by atoms with Crippen LogP contribution >= 0.6 is 11.6 Å². The van der Waals surface area contributed by atoms with Crippen molar-refractivity contribution in [2.45, 2.75) is 0 Å². The lowest BCUT2D eigenvalue weighted by Gasteiger charge is -1.97. The number of imidazole rings is 1. The molecule has 1 N–H and O–H groups in total. The second-order valence-electron chi connectivity index (χ2n) is 3.20. The quantitative estimate of drug-likeness (QED) is 0.696. The summed E-state index contributed by atoms with van der Waals surface area (Å²) in [5.41, 5.74) is 2.21. The maximum absolute atomic E-state index is 6.03. The van der Waals surface area contributed by atoms with Gasteiger partial charge < -0.3 is 4.98 Å². The third-order valence-electron chi connectivity index (χ3n) is 2.19. The number of pyridine rings is 1. The molecule has 0 spiro atoms. The zero-order valence-electron chi connectivity index (χ0n) is 8.05. The first-order valence-corrected chi connectivity index (χ1v) is 4.98. The van der Waals surface area contributed by atoms with Crippen LogP contribution in [0.5, 0.6) is 0 Å². The normalized spacial score (nSPS) is 10.8. The topological polar surface area (TPSA) is 67.3 Å². The van der Waals surface area contributed by atoms with Crippen molar-refractivity contribution in [2.24, 2.45) is 0 Å². The summed E-state index contributed by atoms with van der Waals surface area (Å²) >= 11 is 6.03. The largest absolute Gasteiger partial charge is 0.335 e. The highest BCUT2D eigenvalue weighted by Gasteiger charge is 2.08. The molecule has 0 amide bonds. The summed E-state index contributed by atoms with van der Waals surface area (Å²) in [7, 11) is 0. The minimum Gasteiger partial charge on any atom is -0.335 e. The molecule has 0 aromatic carbocycles. The molecule has 6 heteroatoms. The number of hydrogen-bond acceptors (Lipinski definition) is 4. The molecule has 3 rings (SSSR count). The fourth-order valence-corrected chi connectivity index (χ4v) is 1.67. The Hall–Kier alpha value is -2.01. The monoisotopic (exact) mass is 231 g/mol. The predicted octanol–water partition coefficient (Wildman–Crippen LogP) is 2.07. The van der Waals surface area contributed by atoms with Gasteiger partial charge in [0.05, 0.1) is 11.2 Å². The van der Waals surface area contributed by atoms with Crippen LogP contribution in [0.25, 0.3) is 22.6 Å². The van der Waals surface area contributed by atoms with Gasteiger partial charge in [0.15, 0.2) is 5.65 Å². The Balaban J connectivity index is 2.23. The second kappa shape index (κ2) is 3.53. The van der Waals surface area contributed by atoms with Gasteiger partial charge in [-0.25, -0.2) is 15.0 Å². The Morgan fingerprint density at radius 3 is 2.94 bits per heavy atom. The van der Waals surface area contributed by atoms with E-state index in [4.69, 9.17) is 11.6 Å². The van der Waals surface area contributed by atoms with Gasteiger partial charge in [0, 0.05) is 18.0 Å². The number of hydrogen-bond donors (Lipinski definition) is 1. The summed E-state index contributed by atoms with van der Waals surface area (Å²) in [6, 6.07) is 1.80. The average Bonchev–Trinajstić information content (AvgIpc) is 2.73. The Morgan fingerprint density at radius 2 is 2.12 bits per heavy atom. The van der Waals surface area contributed by atoms with E-state index in [9.17, 15) is 0 Å². The van der Waals surface area contributed by atoms with Gasteiger partial charge in [0.25, 0.3) is 0 Å². The van der Waals surface area contributed by atoms with Crippen LogP contribution in [0.1, 0.15) is 0 Å². The van der Waals surface area contributed by atoms with Crippen LogP contribution in [0, 0.1) is 0 Å². The van der Waals surface area contributed by atoms with Crippen molar-refractivity contribution < 1.29 is 0 Å². The van der Waals surface area contributed by atoms with Crippen molar-refractivity contribution in [1.82, 2.24) is 24.9 Å². The van der Waals surface area contributed by atoms with Crippen LogP contribution in [0.2, 0.25) is 5.02 Å². The molecule has 0 saturated heterocycles. The molecule has 3 aromatic heterocycles. The van der Waals surface area contributed by atoms with E-state index >= 15 is 0 Å². The highest BCUT2D eigenvalue weighted by Crippen LogP contribution is 2.25. The summed E-state index contributed by atoms with van der Waals surface area (Å²) in [4.78, 5) is 19.3. The smallest absolute Gasteiger partial charge is 0.181 e. The Bertz CT molecular complexity index is 615. The number of aromatic amines is 1. The van der Waals surface area contributed by atoms with Crippen molar-refractivity contribution in [1.29, 1.82) is 0 Å². The lowest BCUT2D eigenvalue weighted by atomic mass is 10.2. The molecule has 5 nitrogen and oxygen atoms in total. The Labute approximate surface area is 95.6 Å². The number of nitrogens with zero attached hydrogens (tertiary/aromatic N) is 4. The van der Waals surface area contributed by atoms with Crippen LogP contribution in [0.15, 0.2) is 31.0 Å². The van der Waals surface area contributed by atoms with E-state index in [0.717, 1.165) is 11.1 Å². The standard InChI is InChI=1S/C10H6ClN5/c11-7-3-12-2-1-6(7)9-15-8-4-13-5-14-10(8)16-9/h1-5H,(H,13,14,15,16). The van der Waals surface area contributed by atoms with Gasteiger partial charge in [-0.1, -0.05) is 11.6 Å². The number of halogens is 1. The van der Waals surface area contributed by atoms with Gasteiger partial charge in [-0.2, -0.15) is 0 Å². The summed E-state index contributed by atoms with van der Waals surface area (Å²) in [6.07, 6.45) is 6.38. The van der Waals surface area contributed by atoms with Gasteiger partial charge in [-0.3, -0.25) is 4.98 Å². The van der Waals surface area contributed by atoms with Gasteiger partial charge in [0.1, 0.15) is 17.7 Å². The molecule has 0 saturated carbocycles. The SMILES string of the molecule is Clc1cnccc1-c1nc2ncncc2[nH]1. The van der Waals surface area contributed by atoms with Gasteiger partial charge in [-0.15, -0.1) is 0 Å². The summed E-state index contributed by atoms with van der Waals surface area (Å²) < 4.78 is 0. The summed E-state index contributed by atoms with van der Waals surface area (Å²) in [5, 5.41) is 0.550. The second-order valence-corrected chi connectivity index (χ2v) is 3.61. The molecule has 3 heterocycles. The maximum Gasteiger partial charge on any atom is 0.181 e. The van der Waals surface area contributed by atoms with E-state index in [1.807, 2.05) is 0 Å². The molecule has 0 unspecified atom stereocenters. The molecule has 16 heavy (non-hydrogen) atoms. The van der Waals surface area contributed by atoms with Crippen molar-refractivity contribution >= 4 is 22.8 Å². The third kappa shape index (κ3) is 1.42. The Morgan fingerprint density at radius 1 is 1.19 bits per heavy atom. The fourth-order valence-electron chi connectivity index (χ4n) is 1.46. The fraction of sp³-hybridized carbons (Fsp3) is 0. The van der Waals surface area contributed by atoms with Crippen LogP contribution in [-0.4, -0.2) is 24.9 Å². The number of H-pyrrole nitrogens is 1. The van der Waals surface area contributed by atoms with Crippen molar-refractivity contribution in [3.8, 4) is 11.4 Å². The molecule has 3 aromatic rings. The van der Waals surface area contributed by atoms with E-state index < -0.39 is 0 Å². The van der Waals surface area contributed by atoms with Crippen LogP contribution in [-0.2, 0) is 0 Å². The lowest BCUT2D eigenvalue weighted by Crippen LogP contribution is -1.82. The molecule has 0 aliphatic carbocycles. The van der Waals surface area contributed by atoms with E-state index in [1.165, 1.54) is 6.33 Å². The lowest BCUT2D eigenvalue weighted by molar-refractivity contribution is 1.20. The highest BCUT2D eigenvalue weighted by molar-refractivity contribution is 6.33. The molecule has 0 bridgehead atoms. The molecule has 78 valence electrons. The molecule has 0 radical (unpaired) electrons. The molecule has 0 fully saturated rings. The predicted molar refractivity (Wildman–Crippen MR) is 59.9 cm³/mol. The minimum atomic E-state index is 0.550. The Kier molecular flexibility index (Phi) is 2.04. The zero-order chi connectivity index (χ0) is 11.0. The number of rotatable bonds is 1. The molecular weight excluding hydrogens is 226 g/mol. The third-order valence-corrected chi connectivity index (χ3v) is 2.49. The van der Waals surface area contributed by atoms with Crippen LogP contribution in [0.4, 0.5) is 0 Å². The maximum atomic E-state index is 6.03. The first-order valence-electron chi connectivity index (χ1n) is 4.60. The van der Waals surface area contributed by atoms with Crippen molar-refractivity contribution in [2.75, 3.05) is 0 Å². The van der Waals surface area contributed by atoms with Crippen molar-refractivity contribution in [3.63, 3.8) is 0 Å². The molecule has 0 aliphatic heterocycles. The van der Waals surface area contributed by atoms with E-state index in [1.54, 1.807) is 24.7 Å². The molecule has 0 atom stereocenters.